The van der Waals surface area contributed by atoms with Crippen molar-refractivity contribution in [1.82, 2.24) is 0 Å². The third kappa shape index (κ3) is 2.46. The van der Waals surface area contributed by atoms with Gasteiger partial charge in [-0.05, 0) is 42.5 Å². The Morgan fingerprint density at radius 2 is 2.30 bits per heavy atom. The van der Waals surface area contributed by atoms with Gasteiger partial charge in [0, 0.05) is 17.7 Å². The standard InChI is InChI=1S/C16H20O4/c1-18-19-10-11-3-2-4-14-13(11)5-6-16-15(14)9-12(20-16)7-8-17/h5-6,9,11,17H,2-4,7-8,10H2,1H3. The van der Waals surface area contributed by atoms with E-state index in [1.807, 2.05) is 6.07 Å². The summed E-state index contributed by atoms with van der Waals surface area (Å²) in [5.74, 6) is 1.24. The number of aliphatic hydroxyl groups excluding tert-OH is 1. The van der Waals surface area contributed by atoms with Crippen molar-refractivity contribution in [3.63, 3.8) is 0 Å². The molecule has 4 heteroatoms. The summed E-state index contributed by atoms with van der Waals surface area (Å²) >= 11 is 0. The lowest BCUT2D eigenvalue weighted by Crippen LogP contribution is -2.15. The van der Waals surface area contributed by atoms with E-state index in [9.17, 15) is 0 Å². The zero-order valence-electron chi connectivity index (χ0n) is 11.7. The summed E-state index contributed by atoms with van der Waals surface area (Å²) in [5.41, 5.74) is 3.63. The fraction of sp³-hybridized carbons (Fsp3) is 0.500. The first-order valence-electron chi connectivity index (χ1n) is 7.14. The summed E-state index contributed by atoms with van der Waals surface area (Å²) in [4.78, 5) is 9.87. The van der Waals surface area contributed by atoms with E-state index in [-0.39, 0.29) is 6.61 Å². The van der Waals surface area contributed by atoms with Gasteiger partial charge in [-0.2, -0.15) is 0 Å². The van der Waals surface area contributed by atoms with E-state index in [0.717, 1.165) is 30.6 Å². The van der Waals surface area contributed by atoms with Gasteiger partial charge < -0.3 is 9.52 Å². The van der Waals surface area contributed by atoms with Gasteiger partial charge in [-0.3, -0.25) is 0 Å². The lowest BCUT2D eigenvalue weighted by atomic mass is 9.82. The summed E-state index contributed by atoms with van der Waals surface area (Å²) in [6, 6.07) is 6.25. The van der Waals surface area contributed by atoms with Crippen LogP contribution in [0.3, 0.4) is 0 Å². The van der Waals surface area contributed by atoms with Crippen LogP contribution in [0.15, 0.2) is 22.6 Å². The van der Waals surface area contributed by atoms with E-state index >= 15 is 0 Å². The van der Waals surface area contributed by atoms with Gasteiger partial charge in [-0.15, -0.1) is 0 Å². The molecule has 0 aliphatic heterocycles. The molecule has 0 bridgehead atoms. The van der Waals surface area contributed by atoms with Crippen LogP contribution < -0.4 is 0 Å². The molecule has 1 aliphatic carbocycles. The van der Waals surface area contributed by atoms with Crippen molar-refractivity contribution in [3.05, 3.63) is 35.1 Å². The van der Waals surface area contributed by atoms with E-state index in [0.29, 0.717) is 18.9 Å². The molecule has 3 rings (SSSR count). The molecule has 0 amide bonds. The van der Waals surface area contributed by atoms with Crippen LogP contribution >= 0.6 is 0 Å². The van der Waals surface area contributed by atoms with E-state index in [1.165, 1.54) is 16.5 Å². The Balaban J connectivity index is 1.98. The zero-order chi connectivity index (χ0) is 13.9. The molecule has 1 atom stereocenters. The lowest BCUT2D eigenvalue weighted by Gasteiger charge is -2.25. The minimum atomic E-state index is 0.117. The molecule has 1 heterocycles. The molecule has 0 spiro atoms. The van der Waals surface area contributed by atoms with E-state index in [4.69, 9.17) is 19.3 Å². The maximum atomic E-state index is 9.03. The molecule has 1 aliphatic rings. The van der Waals surface area contributed by atoms with E-state index < -0.39 is 0 Å². The Hall–Kier alpha value is -1.36. The number of benzene rings is 1. The summed E-state index contributed by atoms with van der Waals surface area (Å²) in [7, 11) is 1.55. The monoisotopic (exact) mass is 276 g/mol. The lowest BCUT2D eigenvalue weighted by molar-refractivity contribution is -0.275. The molecule has 0 radical (unpaired) electrons. The molecule has 1 N–H and O–H groups in total. The first kappa shape index (κ1) is 13.6. The van der Waals surface area contributed by atoms with Crippen molar-refractivity contribution < 1.29 is 19.3 Å². The number of aliphatic hydroxyl groups is 1. The summed E-state index contributed by atoms with van der Waals surface area (Å²) in [5, 5.41) is 10.2. The fourth-order valence-corrected chi connectivity index (χ4v) is 3.14. The quantitative estimate of drug-likeness (QED) is 0.674. The maximum absolute atomic E-state index is 9.03. The molecule has 0 fully saturated rings. The van der Waals surface area contributed by atoms with E-state index in [1.54, 1.807) is 7.11 Å². The van der Waals surface area contributed by atoms with Crippen LogP contribution in [-0.4, -0.2) is 25.4 Å². The average Bonchev–Trinajstić information content (AvgIpc) is 2.88. The molecule has 1 unspecified atom stereocenters. The molecule has 0 saturated heterocycles. The van der Waals surface area contributed by atoms with Crippen molar-refractivity contribution in [2.75, 3.05) is 20.3 Å². The molecule has 108 valence electrons. The minimum absolute atomic E-state index is 0.117. The number of rotatable bonds is 5. The van der Waals surface area contributed by atoms with Crippen molar-refractivity contribution in [1.29, 1.82) is 0 Å². The Kier molecular flexibility index (Phi) is 4.05. The third-order valence-corrected chi connectivity index (χ3v) is 4.06. The molecule has 20 heavy (non-hydrogen) atoms. The molecule has 2 aromatic rings. The Labute approximate surface area is 118 Å². The van der Waals surface area contributed by atoms with Crippen LogP contribution in [0.1, 0.15) is 35.6 Å². The predicted octanol–water partition coefficient (Wildman–Crippen LogP) is 2.97. The minimum Gasteiger partial charge on any atom is -0.461 e. The van der Waals surface area contributed by atoms with Gasteiger partial charge in [-0.1, -0.05) is 6.07 Å². The molecule has 0 saturated carbocycles. The smallest absolute Gasteiger partial charge is 0.134 e. The molecule has 1 aromatic carbocycles. The Morgan fingerprint density at radius 3 is 3.10 bits per heavy atom. The van der Waals surface area contributed by atoms with Crippen LogP contribution in [0.4, 0.5) is 0 Å². The Bertz CT molecular complexity index is 587. The van der Waals surface area contributed by atoms with Crippen LogP contribution in [0.5, 0.6) is 0 Å². The highest BCUT2D eigenvalue weighted by atomic mass is 17.2. The second-order valence-electron chi connectivity index (χ2n) is 5.27. The van der Waals surface area contributed by atoms with E-state index in [2.05, 4.69) is 12.1 Å². The SMILES string of the molecule is COOCC1CCCc2c1ccc1oc(CCO)cc21. The number of hydrogen-bond acceptors (Lipinski definition) is 4. The van der Waals surface area contributed by atoms with Crippen molar-refractivity contribution in [3.8, 4) is 0 Å². The summed E-state index contributed by atoms with van der Waals surface area (Å²) < 4.78 is 5.77. The number of fused-ring (bicyclic) bond motifs is 3. The van der Waals surface area contributed by atoms with Crippen molar-refractivity contribution >= 4 is 11.0 Å². The van der Waals surface area contributed by atoms with Crippen LogP contribution in [0.25, 0.3) is 11.0 Å². The second kappa shape index (κ2) is 5.95. The second-order valence-corrected chi connectivity index (χ2v) is 5.27. The summed E-state index contributed by atoms with van der Waals surface area (Å²) in [6.45, 7) is 0.711. The number of furan rings is 1. The first-order valence-corrected chi connectivity index (χ1v) is 7.14. The molecular weight excluding hydrogens is 256 g/mol. The maximum Gasteiger partial charge on any atom is 0.134 e. The fourth-order valence-electron chi connectivity index (χ4n) is 3.14. The van der Waals surface area contributed by atoms with Crippen molar-refractivity contribution in [2.24, 2.45) is 0 Å². The predicted molar refractivity (Wildman–Crippen MR) is 75.6 cm³/mol. The normalized spacial score (nSPS) is 18.4. The van der Waals surface area contributed by atoms with Crippen LogP contribution in [-0.2, 0) is 22.6 Å². The number of aryl methyl sites for hydroxylation is 1. The number of hydrogen-bond donors (Lipinski definition) is 1. The third-order valence-electron chi connectivity index (χ3n) is 4.06. The topological polar surface area (TPSA) is 51.8 Å². The largest absolute Gasteiger partial charge is 0.461 e. The van der Waals surface area contributed by atoms with Gasteiger partial charge in [0.1, 0.15) is 11.3 Å². The molecular formula is C16H20O4. The highest BCUT2D eigenvalue weighted by molar-refractivity contribution is 5.83. The van der Waals surface area contributed by atoms with Gasteiger partial charge in [-0.25, -0.2) is 9.78 Å². The van der Waals surface area contributed by atoms with Gasteiger partial charge in [0.25, 0.3) is 0 Å². The van der Waals surface area contributed by atoms with Crippen LogP contribution in [0.2, 0.25) is 0 Å². The van der Waals surface area contributed by atoms with Gasteiger partial charge in [0.2, 0.25) is 0 Å². The first-order chi connectivity index (χ1) is 9.83. The average molecular weight is 276 g/mol. The molecule has 1 aromatic heterocycles. The van der Waals surface area contributed by atoms with Crippen molar-refractivity contribution in [2.45, 2.75) is 31.6 Å². The zero-order valence-corrected chi connectivity index (χ0v) is 11.7. The highest BCUT2D eigenvalue weighted by Crippen LogP contribution is 2.37. The Morgan fingerprint density at radius 1 is 1.40 bits per heavy atom. The molecule has 4 nitrogen and oxygen atoms in total. The van der Waals surface area contributed by atoms with Gasteiger partial charge in [0.15, 0.2) is 0 Å². The highest BCUT2D eigenvalue weighted by Gasteiger charge is 2.23. The summed E-state index contributed by atoms with van der Waals surface area (Å²) in [6.07, 6.45) is 3.93. The van der Waals surface area contributed by atoms with Gasteiger partial charge in [0.05, 0.1) is 20.3 Å². The van der Waals surface area contributed by atoms with Gasteiger partial charge >= 0.3 is 0 Å². The van der Waals surface area contributed by atoms with Crippen LogP contribution in [0, 0.1) is 0 Å².